The first-order valence-corrected chi connectivity index (χ1v) is 8.17. The number of hydrogen-bond donors (Lipinski definition) is 1. The molecule has 1 aromatic heterocycles. The highest BCUT2D eigenvalue weighted by Crippen LogP contribution is 2.34. The van der Waals surface area contributed by atoms with E-state index in [1.54, 1.807) is 7.11 Å². The van der Waals surface area contributed by atoms with Gasteiger partial charge in [-0.3, -0.25) is 4.90 Å². The molecule has 0 unspecified atom stereocenters. The minimum absolute atomic E-state index is 0.500. The van der Waals surface area contributed by atoms with Gasteiger partial charge < -0.3 is 10.5 Å². The minimum Gasteiger partial charge on any atom is -0.481 e. The Labute approximate surface area is 138 Å². The third-order valence-electron chi connectivity index (χ3n) is 4.91. The van der Waals surface area contributed by atoms with Gasteiger partial charge in [0.15, 0.2) is 0 Å². The molecule has 2 heterocycles. The molecule has 2 atom stereocenters. The summed E-state index contributed by atoms with van der Waals surface area (Å²) in [4.78, 5) is 2.47. The lowest BCUT2D eigenvalue weighted by Gasteiger charge is -2.17. The van der Waals surface area contributed by atoms with Crippen molar-refractivity contribution in [1.82, 2.24) is 14.7 Å². The molecule has 5 nitrogen and oxygen atoms in total. The van der Waals surface area contributed by atoms with Crippen LogP contribution in [0.25, 0.3) is 0 Å². The van der Waals surface area contributed by atoms with Crippen LogP contribution in [0.1, 0.15) is 22.7 Å². The average molecular weight is 314 g/mol. The van der Waals surface area contributed by atoms with Gasteiger partial charge >= 0.3 is 0 Å². The second-order valence-corrected chi connectivity index (χ2v) is 6.40. The van der Waals surface area contributed by atoms with Crippen LogP contribution in [-0.2, 0) is 13.6 Å². The summed E-state index contributed by atoms with van der Waals surface area (Å²) < 4.78 is 7.34. The van der Waals surface area contributed by atoms with Gasteiger partial charge in [0.2, 0.25) is 5.88 Å². The molecule has 1 aromatic carbocycles. The normalized spacial score (nSPS) is 21.7. The number of aryl methyl sites for hydroxylation is 2. The van der Waals surface area contributed by atoms with E-state index >= 15 is 0 Å². The van der Waals surface area contributed by atoms with Crippen LogP contribution in [0.4, 0.5) is 0 Å². The number of ether oxygens (including phenoxy) is 1. The summed E-state index contributed by atoms with van der Waals surface area (Å²) in [5.74, 6) is 1.86. The summed E-state index contributed by atoms with van der Waals surface area (Å²) in [5.41, 5.74) is 9.65. The van der Waals surface area contributed by atoms with Crippen molar-refractivity contribution in [2.75, 3.05) is 26.7 Å². The molecule has 0 bridgehead atoms. The molecule has 0 spiro atoms. The highest BCUT2D eigenvalue weighted by atomic mass is 16.5. The molecule has 2 aromatic rings. The van der Waals surface area contributed by atoms with Gasteiger partial charge in [0, 0.05) is 32.6 Å². The second-order valence-electron chi connectivity index (χ2n) is 6.40. The van der Waals surface area contributed by atoms with E-state index in [0.29, 0.717) is 11.8 Å². The monoisotopic (exact) mass is 314 g/mol. The van der Waals surface area contributed by atoms with Crippen molar-refractivity contribution in [3.05, 3.63) is 47.2 Å². The maximum absolute atomic E-state index is 6.04. The Kier molecular flexibility index (Phi) is 4.68. The molecule has 0 amide bonds. The number of likely N-dealkylation sites (tertiary alicyclic amines) is 1. The molecular weight excluding hydrogens is 288 g/mol. The first-order chi connectivity index (χ1) is 11.1. The number of hydrogen-bond acceptors (Lipinski definition) is 4. The van der Waals surface area contributed by atoms with E-state index in [0.717, 1.165) is 37.8 Å². The first kappa shape index (κ1) is 16.0. The fourth-order valence-electron chi connectivity index (χ4n) is 3.75. The van der Waals surface area contributed by atoms with Crippen molar-refractivity contribution in [3.8, 4) is 5.88 Å². The number of benzene rings is 1. The van der Waals surface area contributed by atoms with Crippen molar-refractivity contribution < 1.29 is 4.74 Å². The lowest BCUT2D eigenvalue weighted by molar-refractivity contribution is 0.304. The lowest BCUT2D eigenvalue weighted by atomic mass is 9.89. The van der Waals surface area contributed by atoms with Gasteiger partial charge in [-0.25, -0.2) is 4.68 Å². The zero-order valence-corrected chi connectivity index (χ0v) is 14.2. The van der Waals surface area contributed by atoms with Crippen molar-refractivity contribution in [2.24, 2.45) is 18.7 Å². The third kappa shape index (κ3) is 3.12. The second kappa shape index (κ2) is 6.72. The summed E-state index contributed by atoms with van der Waals surface area (Å²) in [6.07, 6.45) is 0. The number of rotatable bonds is 5. The van der Waals surface area contributed by atoms with Gasteiger partial charge in [0.05, 0.1) is 18.4 Å². The zero-order chi connectivity index (χ0) is 16.4. The Balaban J connectivity index is 1.78. The molecule has 5 heteroatoms. The Bertz CT molecular complexity index is 653. The predicted molar refractivity (Wildman–Crippen MR) is 91.5 cm³/mol. The Morgan fingerprint density at radius 3 is 2.65 bits per heavy atom. The van der Waals surface area contributed by atoms with Crippen molar-refractivity contribution >= 4 is 0 Å². The van der Waals surface area contributed by atoms with Gasteiger partial charge in [0.1, 0.15) is 0 Å². The molecule has 124 valence electrons. The third-order valence-corrected chi connectivity index (χ3v) is 4.91. The topological polar surface area (TPSA) is 56.3 Å². The van der Waals surface area contributed by atoms with Gasteiger partial charge in [-0.2, -0.15) is 5.10 Å². The minimum atomic E-state index is 0.500. The number of aromatic nitrogens is 2. The molecule has 0 saturated carbocycles. The van der Waals surface area contributed by atoms with E-state index in [1.807, 2.05) is 18.7 Å². The summed E-state index contributed by atoms with van der Waals surface area (Å²) in [5, 5.41) is 4.48. The molecule has 1 aliphatic rings. The highest BCUT2D eigenvalue weighted by Gasteiger charge is 2.33. The molecule has 23 heavy (non-hydrogen) atoms. The fourth-order valence-corrected chi connectivity index (χ4v) is 3.75. The van der Waals surface area contributed by atoms with Gasteiger partial charge in [0.25, 0.3) is 0 Å². The first-order valence-electron chi connectivity index (χ1n) is 8.17. The summed E-state index contributed by atoms with van der Waals surface area (Å²) in [6, 6.07) is 10.7. The quantitative estimate of drug-likeness (QED) is 0.916. The lowest BCUT2D eigenvalue weighted by Crippen LogP contribution is -2.23. The van der Waals surface area contributed by atoms with Crippen LogP contribution in [0.2, 0.25) is 0 Å². The largest absolute Gasteiger partial charge is 0.481 e. The Morgan fingerprint density at radius 2 is 2.00 bits per heavy atom. The standard InChI is InChI=1S/C18H26N4O/c1-13-16(18(23-3)21(2)20-13)11-22-10-15(9-19)17(12-22)14-7-5-4-6-8-14/h4-8,15,17H,9-12,19H2,1-3H3/t15-,17+/m1/s1. The SMILES string of the molecule is COc1c(CN2C[C@@H](CN)[C@H](c3ccccc3)C2)c(C)nn1C. The van der Waals surface area contributed by atoms with E-state index in [-0.39, 0.29) is 0 Å². The number of methoxy groups -OCH3 is 1. The van der Waals surface area contributed by atoms with Gasteiger partial charge in [-0.05, 0) is 24.9 Å². The van der Waals surface area contributed by atoms with Gasteiger partial charge in [-0.15, -0.1) is 0 Å². The molecule has 0 radical (unpaired) electrons. The molecule has 3 rings (SSSR count). The van der Waals surface area contributed by atoms with Crippen LogP contribution in [0.15, 0.2) is 30.3 Å². The van der Waals surface area contributed by atoms with Crippen LogP contribution in [0.3, 0.4) is 0 Å². The van der Waals surface area contributed by atoms with Crippen LogP contribution >= 0.6 is 0 Å². The van der Waals surface area contributed by atoms with E-state index in [2.05, 4.69) is 40.3 Å². The summed E-state index contributed by atoms with van der Waals surface area (Å²) in [7, 11) is 3.63. The van der Waals surface area contributed by atoms with E-state index in [4.69, 9.17) is 10.5 Å². The number of nitrogens with zero attached hydrogens (tertiary/aromatic N) is 3. The molecule has 1 fully saturated rings. The molecule has 2 N–H and O–H groups in total. The van der Waals surface area contributed by atoms with E-state index in [1.165, 1.54) is 11.1 Å². The van der Waals surface area contributed by atoms with E-state index in [9.17, 15) is 0 Å². The van der Waals surface area contributed by atoms with Crippen LogP contribution < -0.4 is 10.5 Å². The Hall–Kier alpha value is -1.85. The molecule has 0 aliphatic carbocycles. The van der Waals surface area contributed by atoms with Crippen molar-refractivity contribution in [3.63, 3.8) is 0 Å². The number of nitrogens with two attached hydrogens (primary N) is 1. The van der Waals surface area contributed by atoms with Crippen molar-refractivity contribution in [2.45, 2.75) is 19.4 Å². The molecule has 1 aliphatic heterocycles. The predicted octanol–water partition coefficient (Wildman–Crippen LogP) is 1.91. The zero-order valence-electron chi connectivity index (χ0n) is 14.2. The van der Waals surface area contributed by atoms with Gasteiger partial charge in [-0.1, -0.05) is 30.3 Å². The maximum atomic E-state index is 6.04. The summed E-state index contributed by atoms with van der Waals surface area (Å²) in [6.45, 7) is 5.68. The van der Waals surface area contributed by atoms with Crippen molar-refractivity contribution in [1.29, 1.82) is 0 Å². The van der Waals surface area contributed by atoms with Crippen LogP contribution in [0.5, 0.6) is 5.88 Å². The fraction of sp³-hybridized carbons (Fsp3) is 0.500. The van der Waals surface area contributed by atoms with Crippen LogP contribution in [-0.4, -0.2) is 41.4 Å². The van der Waals surface area contributed by atoms with Crippen LogP contribution in [0, 0.1) is 12.8 Å². The molecular formula is C18H26N4O. The smallest absolute Gasteiger partial charge is 0.216 e. The van der Waals surface area contributed by atoms with E-state index < -0.39 is 0 Å². The highest BCUT2D eigenvalue weighted by molar-refractivity contribution is 5.31. The average Bonchev–Trinajstić information content (AvgIpc) is 3.09. The maximum Gasteiger partial charge on any atom is 0.216 e. The summed E-state index contributed by atoms with van der Waals surface area (Å²) >= 11 is 0. The molecule has 1 saturated heterocycles. The Morgan fingerprint density at radius 1 is 1.26 bits per heavy atom.